The maximum Gasteiger partial charge on any atom is 0.239 e. The van der Waals surface area contributed by atoms with E-state index < -0.39 is 0 Å². The van der Waals surface area contributed by atoms with E-state index in [2.05, 4.69) is 24.5 Å². The Morgan fingerprint density at radius 3 is 2.55 bits per heavy atom. The molecular weight excluding hydrogens is 252 g/mol. The van der Waals surface area contributed by atoms with Crippen LogP contribution in [0, 0.1) is 5.92 Å². The fourth-order valence-corrected chi connectivity index (χ4v) is 1.59. The van der Waals surface area contributed by atoms with Crippen LogP contribution in [0.25, 0.3) is 0 Å². The van der Waals surface area contributed by atoms with Crippen LogP contribution < -0.4 is 15.4 Å². The first-order valence-corrected chi connectivity index (χ1v) is 7.35. The Morgan fingerprint density at radius 2 is 1.95 bits per heavy atom. The van der Waals surface area contributed by atoms with E-state index in [1.807, 2.05) is 31.2 Å². The Morgan fingerprint density at radius 1 is 1.25 bits per heavy atom. The van der Waals surface area contributed by atoms with Gasteiger partial charge in [-0.3, -0.25) is 4.79 Å². The number of hydrogen-bond acceptors (Lipinski definition) is 3. The summed E-state index contributed by atoms with van der Waals surface area (Å²) in [6.07, 6.45) is 2.01. The molecule has 0 fully saturated rings. The fraction of sp³-hybridized carbons (Fsp3) is 0.562. The number of nitrogens with one attached hydrogen (secondary N) is 2. The van der Waals surface area contributed by atoms with Gasteiger partial charge in [0.05, 0.1) is 13.2 Å². The summed E-state index contributed by atoms with van der Waals surface area (Å²) in [4.78, 5) is 11.4. The zero-order valence-electron chi connectivity index (χ0n) is 12.7. The number of carbonyl (C=O) groups excluding carboxylic acids is 1. The predicted octanol–water partition coefficient (Wildman–Crippen LogP) is 3.05. The van der Waals surface area contributed by atoms with Crippen LogP contribution in [0.3, 0.4) is 0 Å². The van der Waals surface area contributed by atoms with Crippen LogP contribution in [-0.4, -0.2) is 25.6 Å². The zero-order chi connectivity index (χ0) is 14.8. The first-order chi connectivity index (χ1) is 9.61. The lowest BCUT2D eigenvalue weighted by Crippen LogP contribution is -2.30. The van der Waals surface area contributed by atoms with E-state index in [4.69, 9.17) is 4.74 Å². The molecule has 1 rings (SSSR count). The number of ether oxygens (including phenoxy) is 1. The van der Waals surface area contributed by atoms with Crippen molar-refractivity contribution in [1.29, 1.82) is 0 Å². The van der Waals surface area contributed by atoms with Gasteiger partial charge >= 0.3 is 0 Å². The maximum absolute atomic E-state index is 11.4. The second-order valence-electron chi connectivity index (χ2n) is 5.26. The average molecular weight is 278 g/mol. The van der Waals surface area contributed by atoms with Gasteiger partial charge in [-0.05, 0) is 43.0 Å². The number of benzene rings is 1. The summed E-state index contributed by atoms with van der Waals surface area (Å²) in [5, 5.41) is 5.91. The summed E-state index contributed by atoms with van der Waals surface area (Å²) in [6, 6.07) is 7.70. The van der Waals surface area contributed by atoms with Gasteiger partial charge < -0.3 is 15.4 Å². The zero-order valence-corrected chi connectivity index (χ0v) is 12.7. The number of amides is 1. The highest BCUT2D eigenvalue weighted by Crippen LogP contribution is 2.16. The molecule has 0 atom stereocenters. The summed E-state index contributed by atoms with van der Waals surface area (Å²) in [6.45, 7) is 8.16. The number of anilines is 1. The van der Waals surface area contributed by atoms with Gasteiger partial charge in [0.15, 0.2) is 0 Å². The quantitative estimate of drug-likeness (QED) is 0.730. The van der Waals surface area contributed by atoms with Crippen molar-refractivity contribution in [2.24, 2.45) is 5.92 Å². The van der Waals surface area contributed by atoms with Gasteiger partial charge in [-0.15, -0.1) is 0 Å². The van der Waals surface area contributed by atoms with Crippen molar-refractivity contribution in [3.63, 3.8) is 0 Å². The molecule has 1 aromatic carbocycles. The topological polar surface area (TPSA) is 50.4 Å². The van der Waals surface area contributed by atoms with Crippen LogP contribution in [0.15, 0.2) is 24.3 Å². The maximum atomic E-state index is 11.4. The Balaban J connectivity index is 2.29. The molecule has 0 aliphatic heterocycles. The van der Waals surface area contributed by atoms with Crippen LogP contribution in [0.2, 0.25) is 0 Å². The molecule has 0 aliphatic carbocycles. The Hall–Kier alpha value is -1.71. The third-order valence-corrected chi connectivity index (χ3v) is 2.84. The molecule has 0 radical (unpaired) electrons. The van der Waals surface area contributed by atoms with Gasteiger partial charge in [0.25, 0.3) is 0 Å². The molecule has 0 saturated heterocycles. The molecule has 0 aliphatic rings. The Labute approximate surface area is 121 Å². The largest absolute Gasteiger partial charge is 0.494 e. The minimum Gasteiger partial charge on any atom is -0.494 e. The summed E-state index contributed by atoms with van der Waals surface area (Å²) >= 11 is 0. The van der Waals surface area contributed by atoms with Gasteiger partial charge in [-0.2, -0.15) is 0 Å². The van der Waals surface area contributed by atoms with Gasteiger partial charge in [0.1, 0.15) is 5.75 Å². The molecule has 0 saturated carbocycles. The van der Waals surface area contributed by atoms with E-state index in [0.29, 0.717) is 12.5 Å². The molecular formula is C16H26N2O2. The number of carbonyl (C=O) groups is 1. The molecule has 2 N–H and O–H groups in total. The second kappa shape index (κ2) is 9.23. The van der Waals surface area contributed by atoms with Crippen LogP contribution in [0.1, 0.15) is 33.6 Å². The first kappa shape index (κ1) is 16.3. The molecule has 0 spiro atoms. The van der Waals surface area contributed by atoms with E-state index in [1.165, 1.54) is 0 Å². The second-order valence-corrected chi connectivity index (χ2v) is 5.26. The molecule has 1 amide bonds. The van der Waals surface area contributed by atoms with E-state index in [0.717, 1.165) is 37.4 Å². The van der Waals surface area contributed by atoms with Gasteiger partial charge in [0, 0.05) is 12.2 Å². The molecule has 0 heterocycles. The lowest BCUT2D eigenvalue weighted by atomic mass is 10.1. The SMILES string of the molecule is CCCNC(=O)CNc1ccc(OCCC(C)C)cc1. The average Bonchev–Trinajstić information content (AvgIpc) is 2.44. The molecule has 20 heavy (non-hydrogen) atoms. The normalized spacial score (nSPS) is 10.4. The van der Waals surface area contributed by atoms with Gasteiger partial charge in [0.2, 0.25) is 5.91 Å². The van der Waals surface area contributed by atoms with Crippen molar-refractivity contribution in [3.8, 4) is 5.75 Å². The van der Waals surface area contributed by atoms with E-state index in [1.54, 1.807) is 0 Å². The fourth-order valence-electron chi connectivity index (χ4n) is 1.59. The highest BCUT2D eigenvalue weighted by molar-refractivity contribution is 5.80. The summed E-state index contributed by atoms with van der Waals surface area (Å²) in [5.74, 6) is 1.54. The summed E-state index contributed by atoms with van der Waals surface area (Å²) < 4.78 is 5.64. The van der Waals surface area contributed by atoms with Crippen LogP contribution in [0.5, 0.6) is 5.75 Å². The van der Waals surface area contributed by atoms with E-state index >= 15 is 0 Å². The highest BCUT2D eigenvalue weighted by Gasteiger charge is 2.01. The highest BCUT2D eigenvalue weighted by atomic mass is 16.5. The van der Waals surface area contributed by atoms with Crippen LogP contribution in [-0.2, 0) is 4.79 Å². The van der Waals surface area contributed by atoms with Gasteiger partial charge in [-0.1, -0.05) is 20.8 Å². The van der Waals surface area contributed by atoms with Crippen molar-refractivity contribution in [1.82, 2.24) is 5.32 Å². The Kier molecular flexibility index (Phi) is 7.55. The van der Waals surface area contributed by atoms with Crippen molar-refractivity contribution in [2.45, 2.75) is 33.6 Å². The van der Waals surface area contributed by atoms with Crippen molar-refractivity contribution < 1.29 is 9.53 Å². The molecule has 0 aromatic heterocycles. The van der Waals surface area contributed by atoms with Crippen LogP contribution >= 0.6 is 0 Å². The van der Waals surface area contributed by atoms with Crippen molar-refractivity contribution in [3.05, 3.63) is 24.3 Å². The minimum absolute atomic E-state index is 0.0177. The lowest BCUT2D eigenvalue weighted by Gasteiger charge is -2.10. The summed E-state index contributed by atoms with van der Waals surface area (Å²) in [5.41, 5.74) is 0.924. The molecule has 0 unspecified atom stereocenters. The standard InChI is InChI=1S/C16H26N2O2/c1-4-10-17-16(19)12-18-14-5-7-15(8-6-14)20-11-9-13(2)3/h5-8,13,18H,4,9-12H2,1-3H3,(H,17,19). The van der Waals surface area contributed by atoms with Crippen molar-refractivity contribution in [2.75, 3.05) is 25.0 Å². The smallest absolute Gasteiger partial charge is 0.239 e. The third-order valence-electron chi connectivity index (χ3n) is 2.84. The minimum atomic E-state index is 0.0177. The van der Waals surface area contributed by atoms with Crippen LogP contribution in [0.4, 0.5) is 5.69 Å². The van der Waals surface area contributed by atoms with Crippen molar-refractivity contribution >= 4 is 11.6 Å². The molecule has 1 aromatic rings. The lowest BCUT2D eigenvalue weighted by molar-refractivity contribution is -0.119. The molecule has 0 bridgehead atoms. The Bertz CT molecular complexity index is 388. The monoisotopic (exact) mass is 278 g/mol. The molecule has 4 heteroatoms. The first-order valence-electron chi connectivity index (χ1n) is 7.35. The van der Waals surface area contributed by atoms with E-state index in [9.17, 15) is 4.79 Å². The van der Waals surface area contributed by atoms with Gasteiger partial charge in [-0.25, -0.2) is 0 Å². The molecule has 112 valence electrons. The third kappa shape index (κ3) is 7.02. The number of rotatable bonds is 9. The number of hydrogen-bond donors (Lipinski definition) is 2. The predicted molar refractivity (Wildman–Crippen MR) is 83.2 cm³/mol. The van der Waals surface area contributed by atoms with E-state index in [-0.39, 0.29) is 5.91 Å². The summed E-state index contributed by atoms with van der Waals surface area (Å²) in [7, 11) is 0. The molecule has 4 nitrogen and oxygen atoms in total.